The molecule has 0 amide bonds. The normalized spacial score (nSPS) is 19.5. The molecule has 0 heterocycles. The summed E-state index contributed by atoms with van der Waals surface area (Å²) >= 11 is 0. The molecule has 0 aliphatic heterocycles. The molecule has 0 spiro atoms. The third-order valence-electron chi connectivity index (χ3n) is 3.93. The smallest absolute Gasteiger partial charge is 0.481 e. The summed E-state index contributed by atoms with van der Waals surface area (Å²) in [7, 11) is 0. The standard InChI is InChI=1S/C15H17F3O4/c16-15(17,18)22-11-6-4-5-10(9-11)12(13(19)20)14(21)7-2-1-3-8-14/h4-6,9,12,21H,1-3,7-8H2,(H,19,20)/t12-/m1/s1. The molecule has 2 N–H and O–H groups in total. The predicted octanol–water partition coefficient (Wildman–Crippen LogP) is 3.45. The fourth-order valence-electron chi connectivity index (χ4n) is 3.03. The molecule has 122 valence electrons. The first-order valence-electron chi connectivity index (χ1n) is 7.02. The average molecular weight is 318 g/mol. The van der Waals surface area contributed by atoms with E-state index in [1.54, 1.807) is 0 Å². The van der Waals surface area contributed by atoms with Crippen molar-refractivity contribution >= 4 is 5.97 Å². The van der Waals surface area contributed by atoms with Gasteiger partial charge in [-0.05, 0) is 30.5 Å². The van der Waals surface area contributed by atoms with Crippen LogP contribution in [0.5, 0.6) is 5.75 Å². The Morgan fingerprint density at radius 1 is 1.23 bits per heavy atom. The molecule has 1 aromatic carbocycles. The highest BCUT2D eigenvalue weighted by molar-refractivity contribution is 5.78. The Balaban J connectivity index is 2.33. The summed E-state index contributed by atoms with van der Waals surface area (Å²) in [6.45, 7) is 0. The lowest BCUT2D eigenvalue weighted by Gasteiger charge is -2.37. The quantitative estimate of drug-likeness (QED) is 0.892. The van der Waals surface area contributed by atoms with E-state index < -0.39 is 29.6 Å². The van der Waals surface area contributed by atoms with Crippen molar-refractivity contribution in [2.75, 3.05) is 0 Å². The number of benzene rings is 1. The summed E-state index contributed by atoms with van der Waals surface area (Å²) in [6, 6.07) is 4.81. The first kappa shape index (κ1) is 16.6. The van der Waals surface area contributed by atoms with Crippen molar-refractivity contribution in [1.82, 2.24) is 0 Å². The third-order valence-corrected chi connectivity index (χ3v) is 3.93. The van der Waals surface area contributed by atoms with Gasteiger partial charge in [0.25, 0.3) is 0 Å². The van der Waals surface area contributed by atoms with Crippen molar-refractivity contribution in [3.8, 4) is 5.75 Å². The van der Waals surface area contributed by atoms with E-state index in [9.17, 15) is 28.2 Å². The minimum absolute atomic E-state index is 0.110. The molecule has 2 rings (SSSR count). The summed E-state index contributed by atoms with van der Waals surface area (Å²) in [5.74, 6) is -3.02. The Kier molecular flexibility index (Phi) is 4.65. The number of aliphatic hydroxyl groups is 1. The van der Waals surface area contributed by atoms with Gasteiger partial charge in [0.05, 0.1) is 5.60 Å². The third kappa shape index (κ3) is 3.91. The van der Waals surface area contributed by atoms with Crippen LogP contribution >= 0.6 is 0 Å². The number of hydrogen-bond donors (Lipinski definition) is 2. The first-order valence-corrected chi connectivity index (χ1v) is 7.02. The monoisotopic (exact) mass is 318 g/mol. The second-order valence-electron chi connectivity index (χ2n) is 5.56. The van der Waals surface area contributed by atoms with E-state index in [2.05, 4.69) is 4.74 Å². The summed E-state index contributed by atoms with van der Waals surface area (Å²) in [6.07, 6.45) is -1.92. The number of alkyl halides is 3. The number of carbonyl (C=O) groups is 1. The van der Waals surface area contributed by atoms with E-state index in [1.807, 2.05) is 0 Å². The van der Waals surface area contributed by atoms with Gasteiger partial charge in [0, 0.05) is 0 Å². The van der Waals surface area contributed by atoms with E-state index in [1.165, 1.54) is 12.1 Å². The Hall–Kier alpha value is -1.76. The van der Waals surface area contributed by atoms with Crippen molar-refractivity contribution in [1.29, 1.82) is 0 Å². The number of hydrogen-bond acceptors (Lipinski definition) is 3. The molecule has 1 saturated carbocycles. The van der Waals surface area contributed by atoms with E-state index in [-0.39, 0.29) is 5.56 Å². The van der Waals surface area contributed by atoms with Crippen LogP contribution < -0.4 is 4.74 Å². The Labute approximate surface area is 125 Å². The Morgan fingerprint density at radius 2 is 1.86 bits per heavy atom. The van der Waals surface area contributed by atoms with Crippen LogP contribution in [0.15, 0.2) is 24.3 Å². The number of carboxylic acids is 1. The summed E-state index contributed by atoms with van der Waals surface area (Å²) in [5.41, 5.74) is -1.33. The maximum atomic E-state index is 12.3. The van der Waals surface area contributed by atoms with Crippen LogP contribution in [0.1, 0.15) is 43.6 Å². The zero-order chi connectivity index (χ0) is 16.4. The molecule has 1 aliphatic rings. The van der Waals surface area contributed by atoms with Crippen molar-refractivity contribution in [3.05, 3.63) is 29.8 Å². The lowest BCUT2D eigenvalue weighted by molar-refractivity contribution is -0.274. The highest BCUT2D eigenvalue weighted by Crippen LogP contribution is 2.41. The van der Waals surface area contributed by atoms with Crippen LogP contribution in [0.25, 0.3) is 0 Å². The van der Waals surface area contributed by atoms with Crippen LogP contribution in [0.2, 0.25) is 0 Å². The number of aliphatic carboxylic acids is 1. The number of ether oxygens (including phenoxy) is 1. The molecule has 0 aromatic heterocycles. The van der Waals surface area contributed by atoms with Gasteiger partial charge >= 0.3 is 12.3 Å². The van der Waals surface area contributed by atoms with E-state index in [0.29, 0.717) is 25.7 Å². The molecule has 0 unspecified atom stereocenters. The highest BCUT2D eigenvalue weighted by atomic mass is 19.4. The van der Waals surface area contributed by atoms with Gasteiger partial charge in [0.15, 0.2) is 0 Å². The number of carboxylic acid groups (broad SMARTS) is 1. The summed E-state index contributed by atoms with van der Waals surface area (Å²) < 4.78 is 40.6. The highest BCUT2D eigenvalue weighted by Gasteiger charge is 2.43. The van der Waals surface area contributed by atoms with Crippen LogP contribution in [0, 0.1) is 0 Å². The molecule has 7 heteroatoms. The van der Waals surface area contributed by atoms with Gasteiger partial charge in [0.2, 0.25) is 0 Å². The minimum Gasteiger partial charge on any atom is -0.481 e. The zero-order valence-electron chi connectivity index (χ0n) is 11.8. The van der Waals surface area contributed by atoms with Crippen molar-refractivity contribution in [2.45, 2.75) is 50.0 Å². The van der Waals surface area contributed by atoms with Crippen molar-refractivity contribution < 1.29 is 32.9 Å². The molecule has 1 atom stereocenters. The van der Waals surface area contributed by atoms with Crippen LogP contribution in [0.4, 0.5) is 13.2 Å². The lowest BCUT2D eigenvalue weighted by atomic mass is 9.73. The van der Waals surface area contributed by atoms with Gasteiger partial charge in [0.1, 0.15) is 11.7 Å². The van der Waals surface area contributed by atoms with E-state index in [0.717, 1.165) is 18.6 Å². The molecule has 0 radical (unpaired) electrons. The first-order chi connectivity index (χ1) is 10.2. The molecular formula is C15H17F3O4. The fraction of sp³-hybridized carbons (Fsp3) is 0.533. The molecule has 4 nitrogen and oxygen atoms in total. The molecule has 1 aliphatic carbocycles. The van der Waals surface area contributed by atoms with Gasteiger partial charge in [-0.25, -0.2) is 0 Å². The second kappa shape index (κ2) is 6.16. The molecular weight excluding hydrogens is 301 g/mol. The van der Waals surface area contributed by atoms with Gasteiger partial charge in [-0.15, -0.1) is 13.2 Å². The molecule has 1 aromatic rings. The average Bonchev–Trinajstić information content (AvgIpc) is 2.37. The maximum Gasteiger partial charge on any atom is 0.573 e. The molecule has 0 bridgehead atoms. The summed E-state index contributed by atoms with van der Waals surface area (Å²) in [4.78, 5) is 11.6. The Morgan fingerprint density at radius 3 is 2.41 bits per heavy atom. The van der Waals surface area contributed by atoms with Crippen LogP contribution in [-0.4, -0.2) is 28.1 Å². The second-order valence-corrected chi connectivity index (χ2v) is 5.56. The van der Waals surface area contributed by atoms with Gasteiger partial charge in [-0.1, -0.05) is 31.4 Å². The fourth-order valence-corrected chi connectivity index (χ4v) is 3.03. The van der Waals surface area contributed by atoms with Gasteiger partial charge in [-0.3, -0.25) is 4.79 Å². The maximum absolute atomic E-state index is 12.3. The van der Waals surface area contributed by atoms with Crippen LogP contribution in [-0.2, 0) is 4.79 Å². The van der Waals surface area contributed by atoms with Crippen LogP contribution in [0.3, 0.4) is 0 Å². The van der Waals surface area contributed by atoms with Crippen molar-refractivity contribution in [3.63, 3.8) is 0 Å². The van der Waals surface area contributed by atoms with Gasteiger partial charge in [-0.2, -0.15) is 0 Å². The molecule has 0 saturated heterocycles. The van der Waals surface area contributed by atoms with Crippen molar-refractivity contribution in [2.24, 2.45) is 0 Å². The summed E-state index contributed by atoms with van der Waals surface area (Å²) in [5, 5.41) is 20.1. The topological polar surface area (TPSA) is 66.8 Å². The van der Waals surface area contributed by atoms with E-state index in [4.69, 9.17) is 0 Å². The lowest BCUT2D eigenvalue weighted by Crippen LogP contribution is -2.42. The number of rotatable bonds is 4. The molecule has 1 fully saturated rings. The predicted molar refractivity (Wildman–Crippen MR) is 71.5 cm³/mol. The largest absolute Gasteiger partial charge is 0.573 e. The van der Waals surface area contributed by atoms with E-state index >= 15 is 0 Å². The zero-order valence-corrected chi connectivity index (χ0v) is 11.8. The van der Waals surface area contributed by atoms with Gasteiger partial charge < -0.3 is 14.9 Å². The SMILES string of the molecule is O=C(O)[C@@H](c1cccc(OC(F)(F)F)c1)C1(O)CCCCC1. The number of halogens is 3. The Bertz CT molecular complexity index is 536. The minimum atomic E-state index is -4.85. The molecule has 22 heavy (non-hydrogen) atoms.